The highest BCUT2D eigenvalue weighted by Gasteiger charge is 2.18. The highest BCUT2D eigenvalue weighted by molar-refractivity contribution is 5.91. The Bertz CT molecular complexity index is 508. The van der Waals surface area contributed by atoms with Crippen LogP contribution in [-0.2, 0) is 4.74 Å². The molecular formula is C17H28N2O5. The number of esters is 1. The van der Waals surface area contributed by atoms with Crippen LogP contribution < -0.4 is 25.3 Å². The molecule has 0 fully saturated rings. The Morgan fingerprint density at radius 3 is 2.46 bits per heavy atom. The zero-order chi connectivity index (χ0) is 17.8. The maximum absolute atomic E-state index is 12.2. The van der Waals surface area contributed by atoms with Gasteiger partial charge in [0.25, 0.3) is 0 Å². The van der Waals surface area contributed by atoms with E-state index in [9.17, 15) is 4.79 Å². The summed E-state index contributed by atoms with van der Waals surface area (Å²) < 4.78 is 21.3. The van der Waals surface area contributed by atoms with Crippen molar-refractivity contribution in [2.75, 3.05) is 47.1 Å². The summed E-state index contributed by atoms with van der Waals surface area (Å²) in [5.74, 6) is 0.924. The largest absolute Gasteiger partial charge is 0.493 e. The lowest BCUT2D eigenvalue weighted by molar-refractivity contribution is 0.0499. The molecule has 7 heteroatoms. The molecule has 24 heavy (non-hydrogen) atoms. The Hall–Kier alpha value is -1.99. The highest BCUT2D eigenvalue weighted by atomic mass is 16.5. The Balaban J connectivity index is 2.61. The van der Waals surface area contributed by atoms with Crippen molar-refractivity contribution < 1.29 is 23.7 Å². The summed E-state index contributed by atoms with van der Waals surface area (Å²) >= 11 is 0. The lowest BCUT2D eigenvalue weighted by Crippen LogP contribution is -2.21. The molecule has 0 unspecified atom stereocenters. The first-order valence-electron chi connectivity index (χ1n) is 8.14. The number of ether oxygens (including phenoxy) is 4. The van der Waals surface area contributed by atoms with E-state index in [4.69, 9.17) is 24.7 Å². The zero-order valence-corrected chi connectivity index (χ0v) is 14.7. The van der Waals surface area contributed by atoms with E-state index < -0.39 is 5.97 Å². The quantitative estimate of drug-likeness (QED) is 0.441. The first kappa shape index (κ1) is 20.1. The molecule has 1 aromatic rings. The first-order valence-corrected chi connectivity index (χ1v) is 8.14. The molecule has 0 heterocycles. The van der Waals surface area contributed by atoms with Gasteiger partial charge in [0, 0.05) is 0 Å². The summed E-state index contributed by atoms with van der Waals surface area (Å²) in [5.41, 5.74) is 5.78. The summed E-state index contributed by atoms with van der Waals surface area (Å²) in [6.45, 7) is 4.97. The number of benzene rings is 1. The van der Waals surface area contributed by atoms with Crippen LogP contribution in [0.1, 0.15) is 30.1 Å². The van der Waals surface area contributed by atoms with E-state index in [-0.39, 0.29) is 0 Å². The topological polar surface area (TPSA) is 92.0 Å². The Morgan fingerprint density at radius 2 is 1.83 bits per heavy atom. The molecule has 1 rings (SSSR count). The molecule has 0 aliphatic rings. The van der Waals surface area contributed by atoms with Crippen molar-refractivity contribution in [2.24, 2.45) is 5.73 Å². The Morgan fingerprint density at radius 1 is 1.12 bits per heavy atom. The van der Waals surface area contributed by atoms with Crippen molar-refractivity contribution in [3.8, 4) is 17.2 Å². The zero-order valence-electron chi connectivity index (χ0n) is 14.7. The van der Waals surface area contributed by atoms with Gasteiger partial charge in [-0.25, -0.2) is 4.79 Å². The number of methoxy groups -OCH3 is 2. The lowest BCUT2D eigenvalue weighted by atomic mass is 10.2. The van der Waals surface area contributed by atoms with Crippen LogP contribution in [0.15, 0.2) is 12.1 Å². The van der Waals surface area contributed by atoms with Gasteiger partial charge in [0.1, 0.15) is 0 Å². The van der Waals surface area contributed by atoms with Gasteiger partial charge in [-0.05, 0) is 51.5 Å². The predicted molar refractivity (Wildman–Crippen MR) is 92.2 cm³/mol. The summed E-state index contributed by atoms with van der Waals surface area (Å²) in [6.07, 6.45) is 1.67. The van der Waals surface area contributed by atoms with Gasteiger partial charge < -0.3 is 30.0 Å². The normalized spacial score (nSPS) is 10.3. The molecule has 0 aromatic heterocycles. The molecule has 0 aliphatic carbocycles. The number of hydrogen-bond acceptors (Lipinski definition) is 7. The van der Waals surface area contributed by atoms with Crippen LogP contribution in [0, 0.1) is 0 Å². The van der Waals surface area contributed by atoms with Crippen LogP contribution in [0.5, 0.6) is 17.2 Å². The molecule has 0 saturated heterocycles. The number of hydrogen-bond donors (Lipinski definition) is 2. The minimum absolute atomic E-state index is 0.340. The Kier molecular flexibility index (Phi) is 9.64. The number of rotatable bonds is 12. The van der Waals surface area contributed by atoms with Gasteiger partial charge in [-0.15, -0.1) is 0 Å². The maximum Gasteiger partial charge on any atom is 0.338 e. The van der Waals surface area contributed by atoms with Crippen LogP contribution in [-0.4, -0.2) is 53.0 Å². The average Bonchev–Trinajstić information content (AvgIpc) is 2.60. The standard InChI is InChI=1S/C17H28N2O5/c1-4-23-15-12-13(11-14(21-2)16(15)22-3)17(20)24-10-6-9-19-8-5-7-18/h11-12,19H,4-10,18H2,1-3H3. The van der Waals surface area contributed by atoms with Crippen molar-refractivity contribution in [3.05, 3.63) is 17.7 Å². The molecule has 0 aliphatic heterocycles. The molecule has 0 radical (unpaired) electrons. The summed E-state index contributed by atoms with van der Waals surface area (Å²) in [7, 11) is 3.03. The van der Waals surface area contributed by atoms with Crippen LogP contribution in [0.4, 0.5) is 0 Å². The smallest absolute Gasteiger partial charge is 0.338 e. The third-order valence-corrected chi connectivity index (χ3v) is 3.27. The monoisotopic (exact) mass is 340 g/mol. The molecule has 0 spiro atoms. The molecule has 0 amide bonds. The van der Waals surface area contributed by atoms with Gasteiger partial charge in [-0.1, -0.05) is 0 Å². The summed E-state index contributed by atoms with van der Waals surface area (Å²) in [5, 5.41) is 3.23. The first-order chi connectivity index (χ1) is 11.7. The summed E-state index contributed by atoms with van der Waals surface area (Å²) in [4.78, 5) is 12.2. The van der Waals surface area contributed by atoms with Gasteiger partial charge in [-0.3, -0.25) is 0 Å². The van der Waals surface area contributed by atoms with Gasteiger partial charge in [0.15, 0.2) is 11.5 Å². The minimum Gasteiger partial charge on any atom is -0.493 e. The molecular weight excluding hydrogens is 312 g/mol. The van der Waals surface area contributed by atoms with Crippen LogP contribution in [0.25, 0.3) is 0 Å². The van der Waals surface area contributed by atoms with E-state index in [0.29, 0.717) is 42.6 Å². The van der Waals surface area contributed by atoms with E-state index in [0.717, 1.165) is 25.9 Å². The molecule has 136 valence electrons. The van der Waals surface area contributed by atoms with E-state index >= 15 is 0 Å². The predicted octanol–water partition coefficient (Wildman–Crippen LogP) is 1.59. The van der Waals surface area contributed by atoms with E-state index in [1.807, 2.05) is 6.92 Å². The minimum atomic E-state index is -0.418. The van der Waals surface area contributed by atoms with Crippen molar-refractivity contribution >= 4 is 5.97 Å². The van der Waals surface area contributed by atoms with Gasteiger partial charge in [0.2, 0.25) is 5.75 Å². The molecule has 0 saturated carbocycles. The fraction of sp³-hybridized carbons (Fsp3) is 0.588. The molecule has 0 atom stereocenters. The fourth-order valence-corrected chi connectivity index (χ4v) is 2.11. The SMILES string of the molecule is CCOc1cc(C(=O)OCCCNCCCN)cc(OC)c1OC. The van der Waals surface area contributed by atoms with Gasteiger partial charge in [-0.2, -0.15) is 0 Å². The van der Waals surface area contributed by atoms with Crippen molar-refractivity contribution in [3.63, 3.8) is 0 Å². The van der Waals surface area contributed by atoms with Crippen molar-refractivity contribution in [2.45, 2.75) is 19.8 Å². The number of nitrogens with two attached hydrogens (primary N) is 1. The van der Waals surface area contributed by atoms with Gasteiger partial charge >= 0.3 is 5.97 Å². The number of nitrogens with one attached hydrogen (secondary N) is 1. The van der Waals surface area contributed by atoms with Crippen LogP contribution in [0.3, 0.4) is 0 Å². The maximum atomic E-state index is 12.2. The second kappa shape index (κ2) is 11.5. The summed E-state index contributed by atoms with van der Waals surface area (Å²) in [6, 6.07) is 3.19. The van der Waals surface area contributed by atoms with E-state index in [2.05, 4.69) is 5.32 Å². The van der Waals surface area contributed by atoms with Gasteiger partial charge in [0.05, 0.1) is 33.0 Å². The second-order valence-electron chi connectivity index (χ2n) is 5.02. The van der Waals surface area contributed by atoms with E-state index in [1.54, 1.807) is 12.1 Å². The molecule has 3 N–H and O–H groups in total. The average molecular weight is 340 g/mol. The number of carbonyl (C=O) groups is 1. The molecule has 1 aromatic carbocycles. The third kappa shape index (κ3) is 6.25. The van der Waals surface area contributed by atoms with Crippen molar-refractivity contribution in [1.29, 1.82) is 0 Å². The lowest BCUT2D eigenvalue weighted by Gasteiger charge is -2.14. The number of carbonyl (C=O) groups excluding carboxylic acids is 1. The van der Waals surface area contributed by atoms with E-state index in [1.165, 1.54) is 14.2 Å². The third-order valence-electron chi connectivity index (χ3n) is 3.27. The second-order valence-corrected chi connectivity index (χ2v) is 5.02. The van der Waals surface area contributed by atoms with Crippen LogP contribution >= 0.6 is 0 Å². The van der Waals surface area contributed by atoms with Crippen LogP contribution in [0.2, 0.25) is 0 Å². The fourth-order valence-electron chi connectivity index (χ4n) is 2.11. The highest BCUT2D eigenvalue weighted by Crippen LogP contribution is 2.38. The Labute approximate surface area is 143 Å². The molecule has 7 nitrogen and oxygen atoms in total. The molecule has 0 bridgehead atoms. The van der Waals surface area contributed by atoms with Crippen molar-refractivity contribution in [1.82, 2.24) is 5.32 Å².